The van der Waals surface area contributed by atoms with Gasteiger partial charge in [0, 0.05) is 28.3 Å². The van der Waals surface area contributed by atoms with Crippen LogP contribution >= 0.6 is 23.5 Å². The highest BCUT2D eigenvalue weighted by atomic mass is 32.2. The standard InChI is InChI=1S/C23H24N4OS2/c1-16-13-14-26(19-9-5-6-10-20(19)30-16)21(28)15-29-23-25-24-22(17-11-12-17)27(23)18-7-3-2-4-8-18/h2-10,16-17H,11-15H2,1H3/t16-/m1/s1. The lowest BCUT2D eigenvalue weighted by molar-refractivity contribution is -0.116. The van der Waals surface area contributed by atoms with E-state index in [-0.39, 0.29) is 5.91 Å². The molecule has 2 aliphatic rings. The van der Waals surface area contributed by atoms with Gasteiger partial charge in [0.1, 0.15) is 5.82 Å². The molecule has 3 aromatic rings. The molecule has 1 aromatic heterocycles. The number of carbonyl (C=O) groups is 1. The van der Waals surface area contributed by atoms with Gasteiger partial charge in [-0.15, -0.1) is 22.0 Å². The zero-order valence-corrected chi connectivity index (χ0v) is 18.5. The van der Waals surface area contributed by atoms with Gasteiger partial charge in [-0.05, 0) is 43.5 Å². The molecule has 2 heterocycles. The number of amides is 1. The molecule has 30 heavy (non-hydrogen) atoms. The number of aromatic nitrogens is 3. The summed E-state index contributed by atoms with van der Waals surface area (Å²) in [7, 11) is 0. The Bertz CT molecular complexity index is 1050. The number of rotatable bonds is 5. The molecule has 0 bridgehead atoms. The van der Waals surface area contributed by atoms with Crippen LogP contribution in [0.5, 0.6) is 0 Å². The minimum Gasteiger partial charge on any atom is -0.311 e. The molecular formula is C23H24N4OS2. The average molecular weight is 437 g/mol. The van der Waals surface area contributed by atoms with Gasteiger partial charge in [0.15, 0.2) is 5.16 Å². The van der Waals surface area contributed by atoms with Gasteiger partial charge in [-0.25, -0.2) is 0 Å². The monoisotopic (exact) mass is 436 g/mol. The van der Waals surface area contributed by atoms with Crippen molar-refractivity contribution in [2.75, 3.05) is 17.2 Å². The van der Waals surface area contributed by atoms with Crippen LogP contribution in [0.25, 0.3) is 5.69 Å². The molecule has 0 N–H and O–H groups in total. The number of thioether (sulfide) groups is 2. The van der Waals surface area contributed by atoms with E-state index < -0.39 is 0 Å². The molecule has 1 aliphatic heterocycles. The van der Waals surface area contributed by atoms with Crippen molar-refractivity contribution in [3.8, 4) is 5.69 Å². The highest BCUT2D eigenvalue weighted by Gasteiger charge is 2.31. The van der Waals surface area contributed by atoms with Crippen molar-refractivity contribution < 1.29 is 4.79 Å². The highest BCUT2D eigenvalue weighted by molar-refractivity contribution is 8.00. The van der Waals surface area contributed by atoms with E-state index in [9.17, 15) is 4.79 Å². The Kier molecular flexibility index (Phi) is 5.56. The second-order valence-corrected chi connectivity index (χ2v) is 10.2. The van der Waals surface area contributed by atoms with Crippen molar-refractivity contribution in [1.29, 1.82) is 0 Å². The van der Waals surface area contributed by atoms with E-state index in [1.54, 1.807) is 0 Å². The van der Waals surface area contributed by atoms with E-state index in [0.717, 1.165) is 48.2 Å². The van der Waals surface area contributed by atoms with Crippen molar-refractivity contribution in [1.82, 2.24) is 14.8 Å². The molecule has 0 radical (unpaired) electrons. The van der Waals surface area contributed by atoms with Gasteiger partial charge in [-0.2, -0.15) is 0 Å². The summed E-state index contributed by atoms with van der Waals surface area (Å²) in [5.74, 6) is 1.97. The number of hydrogen-bond acceptors (Lipinski definition) is 5. The van der Waals surface area contributed by atoms with Crippen LogP contribution in [0, 0.1) is 0 Å². The second kappa shape index (κ2) is 8.47. The first-order valence-electron chi connectivity index (χ1n) is 10.4. The summed E-state index contributed by atoms with van der Waals surface area (Å²) in [4.78, 5) is 16.4. The molecule has 2 aromatic carbocycles. The van der Waals surface area contributed by atoms with Crippen molar-refractivity contribution in [3.63, 3.8) is 0 Å². The third-order valence-electron chi connectivity index (χ3n) is 5.48. The molecule has 1 fully saturated rings. The van der Waals surface area contributed by atoms with Gasteiger partial charge in [-0.1, -0.05) is 49.0 Å². The largest absolute Gasteiger partial charge is 0.311 e. The molecule has 1 aliphatic carbocycles. The predicted molar refractivity (Wildman–Crippen MR) is 123 cm³/mol. The Balaban J connectivity index is 1.38. The molecule has 154 valence electrons. The number of para-hydroxylation sites is 2. The van der Waals surface area contributed by atoms with Gasteiger partial charge in [0.05, 0.1) is 11.4 Å². The van der Waals surface area contributed by atoms with E-state index in [0.29, 0.717) is 16.9 Å². The number of hydrogen-bond donors (Lipinski definition) is 0. The van der Waals surface area contributed by atoms with Gasteiger partial charge < -0.3 is 4.90 Å². The molecule has 0 unspecified atom stereocenters. The maximum atomic E-state index is 13.2. The fraction of sp³-hybridized carbons (Fsp3) is 0.348. The molecule has 7 heteroatoms. The van der Waals surface area contributed by atoms with Crippen LogP contribution in [0.2, 0.25) is 0 Å². The molecule has 1 amide bonds. The summed E-state index contributed by atoms with van der Waals surface area (Å²) in [6.07, 6.45) is 3.31. The summed E-state index contributed by atoms with van der Waals surface area (Å²) in [5.41, 5.74) is 2.09. The number of carbonyl (C=O) groups excluding carboxylic acids is 1. The maximum absolute atomic E-state index is 13.2. The van der Waals surface area contributed by atoms with Crippen LogP contribution in [-0.4, -0.2) is 38.2 Å². The van der Waals surface area contributed by atoms with Crippen molar-refractivity contribution in [3.05, 3.63) is 60.4 Å². The lowest BCUT2D eigenvalue weighted by atomic mass is 10.2. The third-order valence-corrected chi connectivity index (χ3v) is 7.64. The Morgan fingerprint density at radius 2 is 1.83 bits per heavy atom. The van der Waals surface area contributed by atoms with Crippen LogP contribution < -0.4 is 4.90 Å². The van der Waals surface area contributed by atoms with Crippen molar-refractivity contribution in [2.24, 2.45) is 0 Å². The molecule has 1 saturated carbocycles. The topological polar surface area (TPSA) is 51.0 Å². The van der Waals surface area contributed by atoms with E-state index in [2.05, 4.69) is 46.0 Å². The molecule has 5 rings (SSSR count). The van der Waals surface area contributed by atoms with Gasteiger partial charge in [0.25, 0.3) is 0 Å². The zero-order chi connectivity index (χ0) is 20.5. The van der Waals surface area contributed by atoms with Crippen LogP contribution in [0.1, 0.15) is 37.9 Å². The second-order valence-electron chi connectivity index (χ2n) is 7.80. The molecule has 1 atom stereocenters. The van der Waals surface area contributed by atoms with Crippen LogP contribution in [-0.2, 0) is 4.79 Å². The first-order valence-corrected chi connectivity index (χ1v) is 12.3. The summed E-state index contributed by atoms with van der Waals surface area (Å²) >= 11 is 3.34. The predicted octanol–water partition coefficient (Wildman–Crippen LogP) is 5.15. The smallest absolute Gasteiger partial charge is 0.237 e. The fourth-order valence-corrected chi connectivity index (χ4v) is 5.70. The number of fused-ring (bicyclic) bond motifs is 1. The minimum atomic E-state index is 0.123. The van der Waals surface area contributed by atoms with Crippen molar-refractivity contribution in [2.45, 2.75) is 47.4 Å². The lowest BCUT2D eigenvalue weighted by Crippen LogP contribution is -2.33. The Morgan fingerprint density at radius 3 is 2.63 bits per heavy atom. The quantitative estimate of drug-likeness (QED) is 0.518. The average Bonchev–Trinajstić information content (AvgIpc) is 3.55. The Labute approximate surface area is 185 Å². The van der Waals surface area contributed by atoms with Gasteiger partial charge in [0.2, 0.25) is 5.91 Å². The maximum Gasteiger partial charge on any atom is 0.237 e. The lowest BCUT2D eigenvalue weighted by Gasteiger charge is -2.22. The molecule has 0 saturated heterocycles. The zero-order valence-electron chi connectivity index (χ0n) is 16.9. The summed E-state index contributed by atoms with van der Waals surface area (Å²) in [6.45, 7) is 2.98. The number of benzene rings is 2. The first-order chi connectivity index (χ1) is 14.7. The summed E-state index contributed by atoms with van der Waals surface area (Å²) in [6, 6.07) is 18.4. The van der Waals surface area contributed by atoms with E-state index in [4.69, 9.17) is 0 Å². The Hall–Kier alpha value is -2.25. The highest BCUT2D eigenvalue weighted by Crippen LogP contribution is 2.41. The van der Waals surface area contributed by atoms with E-state index in [1.807, 2.05) is 47.0 Å². The number of nitrogens with zero attached hydrogens (tertiary/aromatic N) is 4. The number of anilines is 1. The summed E-state index contributed by atoms with van der Waals surface area (Å²) < 4.78 is 2.13. The summed E-state index contributed by atoms with van der Waals surface area (Å²) in [5, 5.41) is 10.2. The molecule has 5 nitrogen and oxygen atoms in total. The minimum absolute atomic E-state index is 0.123. The molecular weight excluding hydrogens is 412 g/mol. The van der Waals surface area contributed by atoms with Crippen LogP contribution in [0.15, 0.2) is 64.6 Å². The SMILES string of the molecule is C[C@@H]1CCN(C(=O)CSc2nnc(C3CC3)n2-c2ccccc2)c2ccccc2S1. The normalized spacial score (nSPS) is 18.7. The first kappa shape index (κ1) is 19.7. The molecule has 0 spiro atoms. The van der Waals surface area contributed by atoms with Gasteiger partial charge in [-0.3, -0.25) is 9.36 Å². The van der Waals surface area contributed by atoms with Crippen LogP contribution in [0.3, 0.4) is 0 Å². The van der Waals surface area contributed by atoms with Gasteiger partial charge >= 0.3 is 0 Å². The Morgan fingerprint density at radius 1 is 1.07 bits per heavy atom. The van der Waals surface area contributed by atoms with Crippen molar-refractivity contribution >= 4 is 35.1 Å². The fourth-order valence-electron chi connectivity index (χ4n) is 3.75. The third kappa shape index (κ3) is 4.01. The van der Waals surface area contributed by atoms with E-state index in [1.165, 1.54) is 16.7 Å². The van der Waals surface area contributed by atoms with E-state index >= 15 is 0 Å². The van der Waals surface area contributed by atoms with Crippen LogP contribution in [0.4, 0.5) is 5.69 Å².